The van der Waals surface area contributed by atoms with E-state index in [-0.39, 0.29) is 18.5 Å². The maximum atomic E-state index is 3.78. The van der Waals surface area contributed by atoms with Gasteiger partial charge in [0.15, 0.2) is 0 Å². The molecule has 0 radical (unpaired) electrons. The summed E-state index contributed by atoms with van der Waals surface area (Å²) < 4.78 is 0. The van der Waals surface area contributed by atoms with E-state index in [0.717, 1.165) is 0 Å². The van der Waals surface area contributed by atoms with E-state index in [9.17, 15) is 0 Å². The van der Waals surface area contributed by atoms with Gasteiger partial charge in [0.25, 0.3) is 0 Å². The summed E-state index contributed by atoms with van der Waals surface area (Å²) in [6.45, 7) is 2.17. The van der Waals surface area contributed by atoms with E-state index in [1.165, 1.54) is 33.4 Å². The van der Waals surface area contributed by atoms with Crippen molar-refractivity contribution in [1.29, 1.82) is 0 Å². The molecule has 1 saturated heterocycles. The molecule has 154 valence electrons. The van der Waals surface area contributed by atoms with E-state index in [4.69, 9.17) is 0 Å². The quantitative estimate of drug-likeness (QED) is 0.399. The van der Waals surface area contributed by atoms with Crippen molar-refractivity contribution in [2.75, 3.05) is 0 Å². The second kappa shape index (κ2) is 8.86. The normalized spacial score (nSPS) is 21.0. The Kier molecular flexibility index (Phi) is 5.63. The highest BCUT2D eigenvalue weighted by Crippen LogP contribution is 2.31. The number of rotatable bonds is 4. The van der Waals surface area contributed by atoms with Gasteiger partial charge in [-0.15, -0.1) is 0 Å². The van der Waals surface area contributed by atoms with E-state index in [2.05, 4.69) is 132 Å². The third kappa shape index (κ3) is 4.30. The molecule has 3 N–H and O–H groups in total. The van der Waals surface area contributed by atoms with Crippen LogP contribution < -0.4 is 16.0 Å². The first-order valence-corrected chi connectivity index (χ1v) is 10.9. The Morgan fingerprint density at radius 2 is 1.13 bits per heavy atom. The largest absolute Gasteiger partial charge is 0.283 e. The van der Waals surface area contributed by atoms with Gasteiger partial charge < -0.3 is 0 Å². The molecule has 1 aliphatic heterocycles. The fraction of sp³-hybridized carbons (Fsp3) is 0.143. The summed E-state index contributed by atoms with van der Waals surface area (Å²) in [7, 11) is 0. The molecule has 3 heteroatoms. The van der Waals surface area contributed by atoms with E-state index in [0.29, 0.717) is 0 Å². The van der Waals surface area contributed by atoms with Crippen molar-refractivity contribution in [1.82, 2.24) is 16.0 Å². The van der Waals surface area contributed by atoms with Crippen LogP contribution in [0, 0.1) is 0 Å². The maximum absolute atomic E-state index is 3.78. The Morgan fingerprint density at radius 3 is 1.90 bits per heavy atom. The van der Waals surface area contributed by atoms with E-state index in [1.807, 2.05) is 0 Å². The fourth-order valence-corrected chi connectivity index (χ4v) is 4.34. The first-order valence-electron chi connectivity index (χ1n) is 10.9. The van der Waals surface area contributed by atoms with Crippen LogP contribution in [-0.4, -0.2) is 6.17 Å². The topological polar surface area (TPSA) is 36.1 Å². The zero-order valence-corrected chi connectivity index (χ0v) is 17.6. The molecule has 3 atom stereocenters. The maximum Gasteiger partial charge on any atom is 0.0867 e. The van der Waals surface area contributed by atoms with Gasteiger partial charge >= 0.3 is 0 Å². The molecule has 0 aromatic heterocycles. The monoisotopic (exact) mass is 405 g/mol. The molecule has 1 heterocycles. The molecule has 31 heavy (non-hydrogen) atoms. The van der Waals surface area contributed by atoms with Crippen LogP contribution in [0.25, 0.3) is 22.3 Å². The van der Waals surface area contributed by atoms with Crippen LogP contribution in [0.3, 0.4) is 0 Å². The molecule has 0 aliphatic carbocycles. The van der Waals surface area contributed by atoms with Crippen molar-refractivity contribution in [3.8, 4) is 22.3 Å². The van der Waals surface area contributed by atoms with Crippen molar-refractivity contribution in [3.63, 3.8) is 0 Å². The Hall–Kier alpha value is -3.24. The van der Waals surface area contributed by atoms with Crippen LogP contribution in [0.4, 0.5) is 0 Å². The summed E-state index contributed by atoms with van der Waals surface area (Å²) in [5, 5.41) is 11.1. The highest BCUT2D eigenvalue weighted by atomic mass is 15.3. The van der Waals surface area contributed by atoms with E-state index < -0.39 is 0 Å². The first-order chi connectivity index (χ1) is 15.3. The van der Waals surface area contributed by atoms with Crippen molar-refractivity contribution < 1.29 is 0 Å². The Balaban J connectivity index is 1.46. The van der Waals surface area contributed by atoms with Crippen LogP contribution in [0.1, 0.15) is 30.4 Å². The highest BCUT2D eigenvalue weighted by molar-refractivity contribution is 5.68. The summed E-state index contributed by atoms with van der Waals surface area (Å²) in [6.07, 6.45) is 0.257. The van der Waals surface area contributed by atoms with Crippen LogP contribution in [-0.2, 0) is 0 Å². The third-order valence-electron chi connectivity index (χ3n) is 5.85. The molecule has 1 fully saturated rings. The lowest BCUT2D eigenvalue weighted by molar-refractivity contribution is 0.213. The van der Waals surface area contributed by atoms with Crippen LogP contribution in [0.2, 0.25) is 0 Å². The Labute approximate surface area is 184 Å². The van der Waals surface area contributed by atoms with Gasteiger partial charge in [0.1, 0.15) is 0 Å². The molecular weight excluding hydrogens is 378 g/mol. The number of hydrogen-bond acceptors (Lipinski definition) is 3. The number of hydrogen-bond donors (Lipinski definition) is 3. The molecule has 5 rings (SSSR count). The second-order valence-corrected chi connectivity index (χ2v) is 8.03. The molecule has 0 bridgehead atoms. The molecule has 0 spiro atoms. The summed E-state index contributed by atoms with van der Waals surface area (Å²) in [4.78, 5) is 0. The molecule has 3 nitrogen and oxygen atoms in total. The lowest BCUT2D eigenvalue weighted by Crippen LogP contribution is -2.57. The van der Waals surface area contributed by atoms with E-state index in [1.54, 1.807) is 0 Å². The lowest BCUT2D eigenvalue weighted by Gasteiger charge is -2.38. The van der Waals surface area contributed by atoms with Gasteiger partial charge in [-0.25, -0.2) is 0 Å². The first kappa shape index (κ1) is 19.7. The molecule has 4 aromatic rings. The zero-order valence-electron chi connectivity index (χ0n) is 17.6. The summed E-state index contributed by atoms with van der Waals surface area (Å²) in [6, 6.07) is 38.5. The highest BCUT2D eigenvalue weighted by Gasteiger charge is 2.28. The fourth-order valence-electron chi connectivity index (χ4n) is 4.34. The predicted molar refractivity (Wildman–Crippen MR) is 128 cm³/mol. The summed E-state index contributed by atoms with van der Waals surface area (Å²) >= 11 is 0. The smallest absolute Gasteiger partial charge is 0.0867 e. The summed E-state index contributed by atoms with van der Waals surface area (Å²) in [5.41, 5.74) is 7.43. The number of benzene rings is 4. The second-order valence-electron chi connectivity index (χ2n) is 8.03. The standard InChI is InChI=1S/C28H27N3/c1-20-29-27(24-16-10-15-23(19-24)21-11-4-2-5-12-21)31-28(30-20)26-18-9-8-17-25(26)22-13-6-3-7-14-22/h2-20,27-31H,1H3. The van der Waals surface area contributed by atoms with Gasteiger partial charge in [0.2, 0.25) is 0 Å². The average Bonchev–Trinajstić information content (AvgIpc) is 2.85. The van der Waals surface area contributed by atoms with Crippen LogP contribution >= 0.6 is 0 Å². The van der Waals surface area contributed by atoms with Crippen LogP contribution in [0.15, 0.2) is 109 Å². The summed E-state index contributed by atoms with van der Waals surface area (Å²) in [5.74, 6) is 0. The molecule has 1 aliphatic rings. The minimum Gasteiger partial charge on any atom is -0.283 e. The SMILES string of the molecule is CC1NC(c2cccc(-c3ccccc3)c2)NC(c2ccccc2-c2ccccc2)N1. The Bertz CT molecular complexity index is 1140. The zero-order chi connectivity index (χ0) is 21.0. The van der Waals surface area contributed by atoms with E-state index >= 15 is 0 Å². The molecule has 3 unspecified atom stereocenters. The molecular formula is C28H27N3. The van der Waals surface area contributed by atoms with Crippen molar-refractivity contribution in [3.05, 3.63) is 120 Å². The third-order valence-corrected chi connectivity index (χ3v) is 5.85. The van der Waals surface area contributed by atoms with Gasteiger partial charge in [-0.2, -0.15) is 0 Å². The van der Waals surface area contributed by atoms with Crippen molar-refractivity contribution in [2.24, 2.45) is 0 Å². The van der Waals surface area contributed by atoms with Crippen molar-refractivity contribution in [2.45, 2.75) is 25.4 Å². The van der Waals surface area contributed by atoms with Gasteiger partial charge in [0, 0.05) is 0 Å². The Morgan fingerprint density at radius 1 is 0.516 bits per heavy atom. The van der Waals surface area contributed by atoms with Gasteiger partial charge in [-0.3, -0.25) is 16.0 Å². The average molecular weight is 406 g/mol. The number of nitrogens with one attached hydrogen (secondary N) is 3. The van der Waals surface area contributed by atoms with Crippen LogP contribution in [0.5, 0.6) is 0 Å². The van der Waals surface area contributed by atoms with Crippen molar-refractivity contribution >= 4 is 0 Å². The van der Waals surface area contributed by atoms with Gasteiger partial charge in [-0.05, 0) is 46.4 Å². The van der Waals surface area contributed by atoms with Gasteiger partial charge in [0.05, 0.1) is 18.5 Å². The molecule has 0 saturated carbocycles. The minimum absolute atomic E-state index is 0.0398. The molecule has 0 amide bonds. The predicted octanol–water partition coefficient (Wildman–Crippen LogP) is 5.85. The minimum atomic E-state index is 0.0398. The molecule has 4 aromatic carbocycles. The van der Waals surface area contributed by atoms with Gasteiger partial charge in [-0.1, -0.05) is 103 Å². The lowest BCUT2D eigenvalue weighted by atomic mass is 9.96.